The van der Waals surface area contributed by atoms with Gasteiger partial charge in [-0.1, -0.05) is 13.8 Å². The molecule has 1 aromatic rings. The number of pyridine rings is 1. The molecule has 1 aliphatic rings. The highest BCUT2D eigenvalue weighted by Crippen LogP contribution is 2.25. The van der Waals surface area contributed by atoms with Gasteiger partial charge in [0.2, 0.25) is 0 Å². The summed E-state index contributed by atoms with van der Waals surface area (Å²) < 4.78 is 0. The number of amides is 1. The first kappa shape index (κ1) is 13.8. The smallest absolute Gasteiger partial charge is 0.254 e. The number of likely N-dealkylation sites (tertiary alicyclic amines) is 1. The minimum absolute atomic E-state index is 0.126. The third-order valence-electron chi connectivity index (χ3n) is 4.03. The Morgan fingerprint density at radius 2 is 2.11 bits per heavy atom. The first-order valence-corrected chi connectivity index (χ1v) is 7.05. The average Bonchev–Trinajstić information content (AvgIpc) is 2.46. The lowest BCUT2D eigenvalue weighted by atomic mass is 9.86. The molecular weight excluding hydrogens is 238 g/mol. The summed E-state index contributed by atoms with van der Waals surface area (Å²) >= 11 is 0. The van der Waals surface area contributed by atoms with Crippen molar-refractivity contribution in [1.29, 1.82) is 0 Å². The Bertz CT molecular complexity index is 437. The minimum Gasteiger partial charge on any atom is -0.373 e. The molecule has 4 heteroatoms. The lowest BCUT2D eigenvalue weighted by Gasteiger charge is -2.34. The minimum atomic E-state index is 0.126. The second-order valence-electron chi connectivity index (χ2n) is 5.55. The number of aromatic nitrogens is 1. The van der Waals surface area contributed by atoms with Gasteiger partial charge in [-0.2, -0.15) is 0 Å². The van der Waals surface area contributed by atoms with E-state index in [1.807, 2.05) is 18.0 Å². The Balaban J connectivity index is 2.01. The van der Waals surface area contributed by atoms with E-state index in [-0.39, 0.29) is 5.91 Å². The van der Waals surface area contributed by atoms with E-state index in [0.29, 0.717) is 5.92 Å². The van der Waals surface area contributed by atoms with Crippen LogP contribution in [0.5, 0.6) is 0 Å². The fraction of sp³-hybridized carbons (Fsp3) is 0.600. The number of carbonyl (C=O) groups excluding carboxylic acids is 1. The molecule has 1 amide bonds. The van der Waals surface area contributed by atoms with Crippen LogP contribution in [0.1, 0.15) is 37.0 Å². The van der Waals surface area contributed by atoms with Crippen LogP contribution in [0.25, 0.3) is 0 Å². The van der Waals surface area contributed by atoms with E-state index in [2.05, 4.69) is 24.1 Å². The fourth-order valence-electron chi connectivity index (χ4n) is 2.65. The molecule has 0 aromatic carbocycles. The van der Waals surface area contributed by atoms with Crippen molar-refractivity contribution in [3.05, 3.63) is 23.9 Å². The summed E-state index contributed by atoms with van der Waals surface area (Å²) in [5, 5.41) is 2.97. The van der Waals surface area contributed by atoms with E-state index >= 15 is 0 Å². The highest BCUT2D eigenvalue weighted by molar-refractivity contribution is 5.94. The maximum absolute atomic E-state index is 12.4. The lowest BCUT2D eigenvalue weighted by molar-refractivity contribution is 0.0667. The molecule has 0 saturated carbocycles. The Hall–Kier alpha value is -1.58. The number of hydrogen-bond acceptors (Lipinski definition) is 3. The van der Waals surface area contributed by atoms with Crippen LogP contribution in [0.2, 0.25) is 0 Å². The second-order valence-corrected chi connectivity index (χ2v) is 5.55. The van der Waals surface area contributed by atoms with Crippen molar-refractivity contribution >= 4 is 11.7 Å². The van der Waals surface area contributed by atoms with Gasteiger partial charge in [0, 0.05) is 31.9 Å². The summed E-state index contributed by atoms with van der Waals surface area (Å²) in [5.74, 6) is 2.34. The SMILES string of the molecule is CNc1cc(C(=O)N2CCC(C(C)C)CC2)ccn1. The van der Waals surface area contributed by atoms with Crippen molar-refractivity contribution in [2.75, 3.05) is 25.5 Å². The summed E-state index contributed by atoms with van der Waals surface area (Å²) in [4.78, 5) is 18.5. The van der Waals surface area contributed by atoms with Crippen LogP contribution in [0, 0.1) is 11.8 Å². The highest BCUT2D eigenvalue weighted by atomic mass is 16.2. The second kappa shape index (κ2) is 6.04. The predicted octanol–water partition coefficient (Wildman–Crippen LogP) is 2.63. The highest BCUT2D eigenvalue weighted by Gasteiger charge is 2.25. The van der Waals surface area contributed by atoms with Gasteiger partial charge in [0.05, 0.1) is 0 Å². The molecule has 0 bridgehead atoms. The lowest BCUT2D eigenvalue weighted by Crippen LogP contribution is -2.39. The van der Waals surface area contributed by atoms with E-state index in [0.717, 1.165) is 43.2 Å². The number of nitrogens with zero attached hydrogens (tertiary/aromatic N) is 2. The molecule has 1 fully saturated rings. The molecule has 0 unspecified atom stereocenters. The van der Waals surface area contributed by atoms with Gasteiger partial charge in [0.15, 0.2) is 0 Å². The van der Waals surface area contributed by atoms with Crippen LogP contribution in [-0.2, 0) is 0 Å². The molecule has 0 spiro atoms. The molecule has 1 aromatic heterocycles. The average molecular weight is 261 g/mol. The number of carbonyl (C=O) groups is 1. The van der Waals surface area contributed by atoms with E-state index < -0.39 is 0 Å². The number of rotatable bonds is 3. The van der Waals surface area contributed by atoms with Crippen LogP contribution < -0.4 is 5.32 Å². The maximum Gasteiger partial charge on any atom is 0.254 e. The molecule has 4 nitrogen and oxygen atoms in total. The Morgan fingerprint density at radius 3 is 2.68 bits per heavy atom. The molecule has 0 radical (unpaired) electrons. The molecule has 2 heterocycles. The van der Waals surface area contributed by atoms with Crippen molar-refractivity contribution in [2.45, 2.75) is 26.7 Å². The van der Waals surface area contributed by atoms with Gasteiger partial charge in [-0.15, -0.1) is 0 Å². The van der Waals surface area contributed by atoms with Crippen molar-refractivity contribution in [3.8, 4) is 0 Å². The van der Waals surface area contributed by atoms with Gasteiger partial charge in [-0.25, -0.2) is 4.98 Å². The Kier molecular flexibility index (Phi) is 4.40. The predicted molar refractivity (Wildman–Crippen MR) is 77.2 cm³/mol. The number of piperidine rings is 1. The van der Waals surface area contributed by atoms with Crippen LogP contribution in [0.3, 0.4) is 0 Å². The first-order chi connectivity index (χ1) is 9.11. The summed E-state index contributed by atoms with van der Waals surface area (Å²) in [6.45, 7) is 6.28. The third-order valence-corrected chi connectivity index (χ3v) is 4.03. The summed E-state index contributed by atoms with van der Waals surface area (Å²) in [6.07, 6.45) is 3.92. The van der Waals surface area contributed by atoms with Crippen LogP contribution in [-0.4, -0.2) is 35.9 Å². The van der Waals surface area contributed by atoms with Crippen LogP contribution in [0.15, 0.2) is 18.3 Å². The first-order valence-electron chi connectivity index (χ1n) is 7.05. The van der Waals surface area contributed by atoms with Crippen molar-refractivity contribution < 1.29 is 4.79 Å². The van der Waals surface area contributed by atoms with Crippen molar-refractivity contribution in [2.24, 2.45) is 11.8 Å². The topological polar surface area (TPSA) is 45.2 Å². The van der Waals surface area contributed by atoms with E-state index in [9.17, 15) is 4.79 Å². The fourth-order valence-corrected chi connectivity index (χ4v) is 2.65. The molecule has 0 atom stereocenters. The van der Waals surface area contributed by atoms with Gasteiger partial charge >= 0.3 is 0 Å². The zero-order chi connectivity index (χ0) is 13.8. The normalized spacial score (nSPS) is 16.7. The van der Waals surface area contributed by atoms with E-state index in [1.165, 1.54) is 0 Å². The molecular formula is C15H23N3O. The van der Waals surface area contributed by atoms with Crippen LogP contribution >= 0.6 is 0 Å². The molecule has 104 valence electrons. The van der Waals surface area contributed by atoms with E-state index in [4.69, 9.17) is 0 Å². The molecule has 1 N–H and O–H groups in total. The quantitative estimate of drug-likeness (QED) is 0.909. The number of nitrogens with one attached hydrogen (secondary N) is 1. The van der Waals surface area contributed by atoms with Crippen LogP contribution in [0.4, 0.5) is 5.82 Å². The zero-order valence-electron chi connectivity index (χ0n) is 12.0. The standard InChI is InChI=1S/C15H23N3O/c1-11(2)12-5-8-18(9-6-12)15(19)13-4-7-17-14(10-13)16-3/h4,7,10-12H,5-6,8-9H2,1-3H3,(H,16,17). The summed E-state index contributed by atoms with van der Waals surface area (Å²) in [5.41, 5.74) is 0.724. The molecule has 0 aliphatic carbocycles. The molecule has 2 rings (SSSR count). The van der Waals surface area contributed by atoms with Crippen molar-refractivity contribution in [1.82, 2.24) is 9.88 Å². The largest absolute Gasteiger partial charge is 0.373 e. The summed E-state index contributed by atoms with van der Waals surface area (Å²) in [7, 11) is 1.81. The van der Waals surface area contributed by atoms with Crippen molar-refractivity contribution in [3.63, 3.8) is 0 Å². The maximum atomic E-state index is 12.4. The monoisotopic (exact) mass is 261 g/mol. The van der Waals surface area contributed by atoms with Gasteiger partial charge in [0.1, 0.15) is 5.82 Å². The number of hydrogen-bond donors (Lipinski definition) is 1. The Morgan fingerprint density at radius 1 is 1.42 bits per heavy atom. The molecule has 1 aliphatic heterocycles. The Labute approximate surface area is 115 Å². The van der Waals surface area contributed by atoms with Gasteiger partial charge in [-0.3, -0.25) is 4.79 Å². The number of anilines is 1. The zero-order valence-corrected chi connectivity index (χ0v) is 12.0. The summed E-state index contributed by atoms with van der Waals surface area (Å²) in [6, 6.07) is 3.61. The molecule has 19 heavy (non-hydrogen) atoms. The molecule has 1 saturated heterocycles. The third kappa shape index (κ3) is 3.25. The van der Waals surface area contributed by atoms with Gasteiger partial charge < -0.3 is 10.2 Å². The van der Waals surface area contributed by atoms with Gasteiger partial charge in [-0.05, 0) is 36.8 Å². The van der Waals surface area contributed by atoms with Gasteiger partial charge in [0.25, 0.3) is 5.91 Å². The van der Waals surface area contributed by atoms with E-state index in [1.54, 1.807) is 12.3 Å².